The third kappa shape index (κ3) is 5.34. The Balaban J connectivity index is 1.92. The molecule has 4 rings (SSSR count). The molecular weight excluding hydrogens is 574 g/mol. The normalized spacial score (nSPS) is 15.3. The predicted octanol–water partition coefficient (Wildman–Crippen LogP) is 4.50. The van der Waals surface area contributed by atoms with Crippen molar-refractivity contribution in [3.63, 3.8) is 0 Å². The van der Waals surface area contributed by atoms with Gasteiger partial charge < -0.3 is 9.47 Å². The lowest BCUT2D eigenvalue weighted by atomic mass is 9.95. The van der Waals surface area contributed by atoms with Crippen molar-refractivity contribution in [1.82, 2.24) is 4.57 Å². The summed E-state index contributed by atoms with van der Waals surface area (Å²) in [6.45, 7) is 6.11. The van der Waals surface area contributed by atoms with Crippen molar-refractivity contribution in [2.45, 2.75) is 33.2 Å². The van der Waals surface area contributed by atoms with Crippen LogP contribution < -0.4 is 19.6 Å². The first-order valence-corrected chi connectivity index (χ1v) is 13.6. The molecule has 1 aromatic heterocycles. The van der Waals surface area contributed by atoms with Crippen LogP contribution in [0.15, 0.2) is 68.0 Å². The average molecular weight is 600 g/mol. The number of thiazole rings is 1. The first kappa shape index (κ1) is 27.5. The molecule has 1 aliphatic rings. The first-order chi connectivity index (χ1) is 18.2. The summed E-state index contributed by atoms with van der Waals surface area (Å²) < 4.78 is 13.0. The van der Waals surface area contributed by atoms with Gasteiger partial charge in [-0.3, -0.25) is 19.5 Å². The zero-order valence-corrected chi connectivity index (χ0v) is 23.7. The first-order valence-electron chi connectivity index (χ1n) is 11.9. The van der Waals surface area contributed by atoms with Gasteiger partial charge in [0.1, 0.15) is 0 Å². The topological polar surface area (TPSA) is 113 Å². The van der Waals surface area contributed by atoms with E-state index in [0.717, 1.165) is 16.9 Å². The molecule has 198 valence electrons. The van der Waals surface area contributed by atoms with E-state index in [1.165, 1.54) is 17.7 Å². The van der Waals surface area contributed by atoms with Crippen LogP contribution in [0, 0.1) is 16.0 Å². The molecule has 1 atom stereocenters. The average Bonchev–Trinajstić information content (AvgIpc) is 3.20. The van der Waals surface area contributed by atoms with Crippen LogP contribution in [0.1, 0.15) is 44.4 Å². The lowest BCUT2D eigenvalue weighted by Gasteiger charge is -2.25. The molecular formula is C27H26BrN3O6S. The van der Waals surface area contributed by atoms with E-state index in [2.05, 4.69) is 20.9 Å². The van der Waals surface area contributed by atoms with Gasteiger partial charge in [0.2, 0.25) is 5.75 Å². The number of esters is 1. The van der Waals surface area contributed by atoms with E-state index >= 15 is 0 Å². The van der Waals surface area contributed by atoms with Gasteiger partial charge in [0.05, 0.1) is 45.0 Å². The molecule has 0 amide bonds. The Labute approximate surface area is 231 Å². The smallest absolute Gasteiger partial charge is 0.338 e. The van der Waals surface area contributed by atoms with E-state index < -0.39 is 16.9 Å². The van der Waals surface area contributed by atoms with Crippen LogP contribution >= 0.6 is 27.3 Å². The summed E-state index contributed by atoms with van der Waals surface area (Å²) in [5.41, 5.74) is 1.48. The van der Waals surface area contributed by atoms with Gasteiger partial charge in [-0.25, -0.2) is 9.79 Å². The predicted molar refractivity (Wildman–Crippen MR) is 148 cm³/mol. The van der Waals surface area contributed by atoms with Gasteiger partial charge in [-0.1, -0.05) is 62.4 Å². The van der Waals surface area contributed by atoms with Gasteiger partial charge in [0.25, 0.3) is 5.56 Å². The summed E-state index contributed by atoms with van der Waals surface area (Å²) in [6.07, 6.45) is 2.05. The number of nitrogens with zero attached hydrogens (tertiary/aromatic N) is 3. The van der Waals surface area contributed by atoms with Crippen LogP contribution in [-0.2, 0) is 9.53 Å². The van der Waals surface area contributed by atoms with Gasteiger partial charge >= 0.3 is 11.7 Å². The molecule has 11 heteroatoms. The number of rotatable bonds is 8. The number of methoxy groups -OCH3 is 1. The Morgan fingerprint density at radius 1 is 1.29 bits per heavy atom. The van der Waals surface area contributed by atoms with Gasteiger partial charge in [-0.15, -0.1) is 0 Å². The fourth-order valence-electron chi connectivity index (χ4n) is 4.18. The number of hydrogen-bond donors (Lipinski definition) is 0. The molecule has 0 spiro atoms. The Bertz CT molecular complexity index is 1610. The zero-order chi connectivity index (χ0) is 27.6. The fraction of sp³-hybridized carbons (Fsp3) is 0.296. The number of aromatic nitrogens is 1. The monoisotopic (exact) mass is 599 g/mol. The minimum absolute atomic E-state index is 0.140. The molecule has 38 heavy (non-hydrogen) atoms. The number of benzene rings is 2. The maximum atomic E-state index is 13.7. The highest BCUT2D eigenvalue weighted by Gasteiger charge is 2.33. The second kappa shape index (κ2) is 11.4. The molecule has 0 unspecified atom stereocenters. The van der Waals surface area contributed by atoms with Crippen LogP contribution in [0.4, 0.5) is 5.69 Å². The van der Waals surface area contributed by atoms with Crippen molar-refractivity contribution in [1.29, 1.82) is 0 Å². The van der Waals surface area contributed by atoms with Crippen LogP contribution in [0.25, 0.3) is 6.08 Å². The van der Waals surface area contributed by atoms with Crippen molar-refractivity contribution in [2.75, 3.05) is 13.7 Å². The Hall–Kier alpha value is -3.57. The Morgan fingerprint density at radius 3 is 2.61 bits per heavy atom. The highest BCUT2D eigenvalue weighted by atomic mass is 79.9. The van der Waals surface area contributed by atoms with E-state index in [0.29, 0.717) is 43.7 Å². The molecule has 9 nitrogen and oxygen atoms in total. The molecule has 2 heterocycles. The Kier molecular flexibility index (Phi) is 8.27. The minimum Gasteiger partial charge on any atom is -0.486 e. The maximum Gasteiger partial charge on any atom is 0.338 e. The molecule has 2 aromatic carbocycles. The molecule has 1 aliphatic heterocycles. The second-order valence-electron chi connectivity index (χ2n) is 9.01. The van der Waals surface area contributed by atoms with Crippen molar-refractivity contribution in [2.24, 2.45) is 10.9 Å². The molecule has 0 saturated heterocycles. The number of carbonyl (C=O) groups excluding carboxylic acids is 1. The molecule has 0 fully saturated rings. The highest BCUT2D eigenvalue weighted by Crippen LogP contribution is 2.37. The quantitative estimate of drug-likeness (QED) is 0.214. The van der Waals surface area contributed by atoms with Gasteiger partial charge in [-0.05, 0) is 51.5 Å². The summed E-state index contributed by atoms with van der Waals surface area (Å²) in [4.78, 5) is 43.0. The molecule has 0 radical (unpaired) electrons. The Morgan fingerprint density at radius 2 is 2.00 bits per heavy atom. The SMILES string of the molecule is CCC1=C(C(=O)OC)[C@@H](c2ccccc2)n2c(s/c(=C/c3cc(Br)c(OCC(C)C)c([N+](=O)[O-])c3)c2=O)=N1. The fourth-order valence-corrected chi connectivity index (χ4v) is 5.78. The number of halogens is 1. The zero-order valence-electron chi connectivity index (χ0n) is 21.3. The minimum atomic E-state index is -0.718. The third-order valence-electron chi connectivity index (χ3n) is 5.87. The van der Waals surface area contributed by atoms with Gasteiger partial charge in [0, 0.05) is 6.07 Å². The number of nitro benzene ring substituents is 1. The van der Waals surface area contributed by atoms with E-state index in [9.17, 15) is 19.7 Å². The molecule has 0 bridgehead atoms. The molecule has 0 saturated carbocycles. The number of hydrogen-bond acceptors (Lipinski definition) is 8. The summed E-state index contributed by atoms with van der Waals surface area (Å²) in [5.74, 6) is -0.227. The lowest BCUT2D eigenvalue weighted by Crippen LogP contribution is -2.40. The summed E-state index contributed by atoms with van der Waals surface area (Å²) in [7, 11) is 1.30. The summed E-state index contributed by atoms with van der Waals surface area (Å²) >= 11 is 4.55. The third-order valence-corrected chi connectivity index (χ3v) is 7.44. The van der Waals surface area contributed by atoms with Gasteiger partial charge in [0.15, 0.2) is 4.80 Å². The van der Waals surface area contributed by atoms with Crippen LogP contribution in [0.5, 0.6) is 5.75 Å². The van der Waals surface area contributed by atoms with E-state index in [-0.39, 0.29) is 22.9 Å². The van der Waals surface area contributed by atoms with E-state index in [1.54, 1.807) is 12.1 Å². The summed E-state index contributed by atoms with van der Waals surface area (Å²) in [5, 5.41) is 11.8. The van der Waals surface area contributed by atoms with Crippen LogP contribution in [0.2, 0.25) is 0 Å². The van der Waals surface area contributed by atoms with Crippen LogP contribution in [-0.4, -0.2) is 29.2 Å². The van der Waals surface area contributed by atoms with Crippen molar-refractivity contribution in [3.8, 4) is 5.75 Å². The number of nitro groups is 1. The number of allylic oxidation sites excluding steroid dienone is 1. The maximum absolute atomic E-state index is 13.7. The molecule has 3 aromatic rings. The lowest BCUT2D eigenvalue weighted by molar-refractivity contribution is -0.386. The van der Waals surface area contributed by atoms with E-state index in [4.69, 9.17) is 9.47 Å². The summed E-state index contributed by atoms with van der Waals surface area (Å²) in [6, 6.07) is 11.6. The standard InChI is InChI=1S/C27H26BrN3O6S/c1-5-19-22(26(33)36-4)23(17-9-7-6-8-10-17)30-25(32)21(38-27(30)29-19)13-16-11-18(28)24(37-14-15(2)3)20(12-16)31(34)35/h6-13,15,23H,5,14H2,1-4H3/b21-13+/t23-/m1/s1. The van der Waals surface area contributed by atoms with Crippen LogP contribution in [0.3, 0.4) is 0 Å². The largest absolute Gasteiger partial charge is 0.486 e. The van der Waals surface area contributed by atoms with E-state index in [1.807, 2.05) is 51.1 Å². The van der Waals surface area contributed by atoms with Gasteiger partial charge in [-0.2, -0.15) is 0 Å². The second-order valence-corrected chi connectivity index (χ2v) is 10.9. The van der Waals surface area contributed by atoms with Crippen molar-refractivity contribution >= 4 is 45.0 Å². The number of ether oxygens (including phenoxy) is 2. The van der Waals surface area contributed by atoms with Crippen molar-refractivity contribution in [3.05, 3.63) is 99.1 Å². The highest BCUT2D eigenvalue weighted by molar-refractivity contribution is 9.10. The molecule has 0 N–H and O–H groups in total. The number of carbonyl (C=O) groups is 1. The van der Waals surface area contributed by atoms with Crippen molar-refractivity contribution < 1.29 is 19.2 Å². The number of fused-ring (bicyclic) bond motifs is 1. The molecule has 0 aliphatic carbocycles.